The average molecular weight is 362 g/mol. The highest BCUT2D eigenvalue weighted by Gasteiger charge is 2.43. The van der Waals surface area contributed by atoms with Crippen LogP contribution in [0.5, 0.6) is 0 Å². The van der Waals surface area contributed by atoms with E-state index >= 15 is 0 Å². The number of alkyl halides is 1. The SMILES string of the molecule is O=C(O)CCCC=CC[C@H]1C(F)C[C@@H](O)[C@@H]1c1ccc2c(c1)CCC2O. The Labute approximate surface area is 153 Å². The standard InChI is InChI=1S/C21H27FO4/c22-17-12-19(24)21(16(17)5-3-1-2-4-6-20(25)26)14-7-9-15-13(11-14)8-10-18(15)23/h1,3,7,9,11,16-19,21,23-24H,2,4-6,8,10,12H2,(H,25,26)/t16-,17?,18?,19+,21+/m0/s1. The second kappa shape index (κ2) is 8.31. The average Bonchev–Trinajstić information content (AvgIpc) is 3.10. The van der Waals surface area contributed by atoms with Gasteiger partial charge in [0.1, 0.15) is 6.17 Å². The molecule has 0 amide bonds. The molecule has 0 saturated heterocycles. The van der Waals surface area contributed by atoms with Crippen molar-refractivity contribution in [1.82, 2.24) is 0 Å². The maximum Gasteiger partial charge on any atom is 0.303 e. The molecule has 3 N–H and O–H groups in total. The van der Waals surface area contributed by atoms with Crippen LogP contribution in [0.15, 0.2) is 30.4 Å². The third-order valence-electron chi connectivity index (χ3n) is 5.74. The van der Waals surface area contributed by atoms with Crippen molar-refractivity contribution in [3.05, 3.63) is 47.0 Å². The number of aliphatic hydroxyl groups is 2. The highest BCUT2D eigenvalue weighted by atomic mass is 19.1. The van der Waals surface area contributed by atoms with Crippen LogP contribution < -0.4 is 0 Å². The minimum absolute atomic E-state index is 0.141. The molecule has 0 bridgehead atoms. The highest BCUT2D eigenvalue weighted by Crippen LogP contribution is 2.45. The van der Waals surface area contributed by atoms with Gasteiger partial charge in [-0.2, -0.15) is 0 Å². The number of carboxylic acids is 1. The number of hydrogen-bond donors (Lipinski definition) is 3. The van der Waals surface area contributed by atoms with Gasteiger partial charge in [0.2, 0.25) is 0 Å². The van der Waals surface area contributed by atoms with Crippen molar-refractivity contribution >= 4 is 5.97 Å². The minimum Gasteiger partial charge on any atom is -0.481 e. The van der Waals surface area contributed by atoms with Gasteiger partial charge in [0, 0.05) is 24.7 Å². The fourth-order valence-corrected chi connectivity index (χ4v) is 4.39. The summed E-state index contributed by atoms with van der Waals surface area (Å²) in [6.07, 6.45) is 5.30. The molecule has 0 aliphatic heterocycles. The van der Waals surface area contributed by atoms with Gasteiger partial charge in [-0.15, -0.1) is 0 Å². The van der Waals surface area contributed by atoms with Gasteiger partial charge in [-0.3, -0.25) is 4.79 Å². The van der Waals surface area contributed by atoms with Crippen molar-refractivity contribution in [1.29, 1.82) is 0 Å². The lowest BCUT2D eigenvalue weighted by atomic mass is 9.84. The van der Waals surface area contributed by atoms with Crippen LogP contribution in [0.4, 0.5) is 4.39 Å². The first-order chi connectivity index (χ1) is 12.5. The fourth-order valence-electron chi connectivity index (χ4n) is 4.39. The second-order valence-corrected chi connectivity index (χ2v) is 7.51. The Balaban J connectivity index is 1.67. The summed E-state index contributed by atoms with van der Waals surface area (Å²) in [6.45, 7) is 0. The summed E-state index contributed by atoms with van der Waals surface area (Å²) in [5.41, 5.74) is 3.01. The molecule has 2 unspecified atom stereocenters. The summed E-state index contributed by atoms with van der Waals surface area (Å²) in [6, 6.07) is 5.86. The van der Waals surface area contributed by atoms with E-state index in [1.165, 1.54) is 0 Å². The van der Waals surface area contributed by atoms with E-state index in [0.717, 1.165) is 29.5 Å². The summed E-state index contributed by atoms with van der Waals surface area (Å²) in [5.74, 6) is -1.32. The number of allylic oxidation sites excluding steroid dienone is 2. The number of carboxylic acid groups (broad SMARTS) is 1. The smallest absolute Gasteiger partial charge is 0.303 e. The first-order valence-electron chi connectivity index (χ1n) is 9.47. The first-order valence-corrected chi connectivity index (χ1v) is 9.47. The van der Waals surface area contributed by atoms with E-state index in [2.05, 4.69) is 0 Å². The van der Waals surface area contributed by atoms with Gasteiger partial charge in [-0.25, -0.2) is 4.39 Å². The third kappa shape index (κ3) is 4.15. The Hall–Kier alpha value is -1.72. The molecular formula is C21H27FO4. The molecule has 26 heavy (non-hydrogen) atoms. The van der Waals surface area contributed by atoms with E-state index in [4.69, 9.17) is 5.11 Å². The quantitative estimate of drug-likeness (QED) is 0.511. The second-order valence-electron chi connectivity index (χ2n) is 7.51. The van der Waals surface area contributed by atoms with Gasteiger partial charge in [-0.1, -0.05) is 30.4 Å². The van der Waals surface area contributed by atoms with Crippen LogP contribution in [-0.2, 0) is 11.2 Å². The summed E-state index contributed by atoms with van der Waals surface area (Å²) >= 11 is 0. The van der Waals surface area contributed by atoms with E-state index in [1.54, 1.807) is 0 Å². The van der Waals surface area contributed by atoms with Gasteiger partial charge < -0.3 is 15.3 Å². The van der Waals surface area contributed by atoms with Gasteiger partial charge in [0.15, 0.2) is 0 Å². The molecule has 4 nitrogen and oxygen atoms in total. The number of unbranched alkanes of at least 4 members (excludes halogenated alkanes) is 1. The molecular weight excluding hydrogens is 335 g/mol. The Bertz CT molecular complexity index is 672. The molecule has 0 aromatic heterocycles. The molecule has 0 radical (unpaired) electrons. The number of hydrogen-bond acceptors (Lipinski definition) is 3. The van der Waals surface area contributed by atoms with Crippen molar-refractivity contribution in [2.75, 3.05) is 0 Å². The fraction of sp³-hybridized carbons (Fsp3) is 0.571. The molecule has 1 saturated carbocycles. The molecule has 1 aromatic carbocycles. The molecule has 142 valence electrons. The summed E-state index contributed by atoms with van der Waals surface area (Å²) in [5, 5.41) is 29.0. The summed E-state index contributed by atoms with van der Waals surface area (Å²) in [4.78, 5) is 10.5. The molecule has 3 rings (SSSR count). The molecule has 5 atom stereocenters. The Morgan fingerprint density at radius 2 is 2.08 bits per heavy atom. The number of benzene rings is 1. The van der Waals surface area contributed by atoms with E-state index in [9.17, 15) is 19.4 Å². The van der Waals surface area contributed by atoms with Gasteiger partial charge in [-0.05, 0) is 48.8 Å². The van der Waals surface area contributed by atoms with Crippen LogP contribution in [-0.4, -0.2) is 33.6 Å². The lowest BCUT2D eigenvalue weighted by molar-refractivity contribution is -0.137. The monoisotopic (exact) mass is 362 g/mol. The Morgan fingerprint density at radius 1 is 1.27 bits per heavy atom. The lowest BCUT2D eigenvalue weighted by Crippen LogP contribution is -2.18. The van der Waals surface area contributed by atoms with Crippen molar-refractivity contribution in [2.45, 2.75) is 69.2 Å². The normalized spacial score (nSPS) is 30.8. The van der Waals surface area contributed by atoms with Crippen LogP contribution in [0, 0.1) is 5.92 Å². The van der Waals surface area contributed by atoms with Gasteiger partial charge >= 0.3 is 5.97 Å². The molecule has 2 aliphatic rings. The van der Waals surface area contributed by atoms with Crippen molar-refractivity contribution in [3.63, 3.8) is 0 Å². The van der Waals surface area contributed by atoms with Crippen LogP contribution in [0.3, 0.4) is 0 Å². The van der Waals surface area contributed by atoms with Crippen LogP contribution in [0.1, 0.15) is 67.2 Å². The molecule has 0 heterocycles. The van der Waals surface area contributed by atoms with Crippen molar-refractivity contribution < 1.29 is 24.5 Å². The van der Waals surface area contributed by atoms with E-state index in [1.807, 2.05) is 30.4 Å². The van der Waals surface area contributed by atoms with E-state index < -0.39 is 24.3 Å². The van der Waals surface area contributed by atoms with E-state index in [0.29, 0.717) is 19.3 Å². The summed E-state index contributed by atoms with van der Waals surface area (Å²) in [7, 11) is 0. The van der Waals surface area contributed by atoms with Crippen LogP contribution in [0.25, 0.3) is 0 Å². The maximum absolute atomic E-state index is 14.5. The molecule has 0 spiro atoms. The zero-order valence-electron chi connectivity index (χ0n) is 14.9. The number of aliphatic carboxylic acids is 1. The number of rotatable bonds is 7. The summed E-state index contributed by atoms with van der Waals surface area (Å²) < 4.78 is 14.5. The third-order valence-corrected chi connectivity index (χ3v) is 5.74. The molecule has 1 fully saturated rings. The minimum atomic E-state index is -1.04. The number of carbonyl (C=O) groups is 1. The van der Waals surface area contributed by atoms with Gasteiger partial charge in [0.25, 0.3) is 0 Å². The highest BCUT2D eigenvalue weighted by molar-refractivity contribution is 5.66. The first kappa shape index (κ1) is 19.1. The van der Waals surface area contributed by atoms with Gasteiger partial charge in [0.05, 0.1) is 12.2 Å². The number of aliphatic hydroxyl groups excluding tert-OH is 2. The van der Waals surface area contributed by atoms with Crippen molar-refractivity contribution in [2.24, 2.45) is 5.92 Å². The number of aryl methyl sites for hydroxylation is 1. The number of fused-ring (bicyclic) bond motifs is 1. The van der Waals surface area contributed by atoms with Crippen molar-refractivity contribution in [3.8, 4) is 0 Å². The predicted molar refractivity (Wildman–Crippen MR) is 96.7 cm³/mol. The topological polar surface area (TPSA) is 77.8 Å². The lowest BCUT2D eigenvalue weighted by Gasteiger charge is -2.23. The van der Waals surface area contributed by atoms with Crippen LogP contribution >= 0.6 is 0 Å². The zero-order chi connectivity index (χ0) is 18.7. The molecule has 2 aliphatic carbocycles. The maximum atomic E-state index is 14.5. The predicted octanol–water partition coefficient (Wildman–Crippen LogP) is 3.67. The largest absolute Gasteiger partial charge is 0.481 e. The van der Waals surface area contributed by atoms with Crippen LogP contribution in [0.2, 0.25) is 0 Å². The molecule has 5 heteroatoms. The van der Waals surface area contributed by atoms with E-state index in [-0.39, 0.29) is 24.7 Å². The number of halogens is 1. The molecule has 1 aromatic rings. The Morgan fingerprint density at radius 3 is 2.85 bits per heavy atom. The zero-order valence-corrected chi connectivity index (χ0v) is 14.9. The Kier molecular flexibility index (Phi) is 6.09.